The zero-order valence-electron chi connectivity index (χ0n) is 8.81. The van der Waals surface area contributed by atoms with Crippen LogP contribution in [0.4, 0.5) is 0 Å². The van der Waals surface area contributed by atoms with Crippen molar-refractivity contribution in [2.75, 3.05) is 13.1 Å². The maximum absolute atomic E-state index is 5.74. The first kappa shape index (κ1) is 11.9. The van der Waals surface area contributed by atoms with Gasteiger partial charge in [0.1, 0.15) is 0 Å². The third-order valence-corrected chi connectivity index (χ3v) is 3.77. The lowest BCUT2D eigenvalue weighted by molar-refractivity contribution is 0.00891. The summed E-state index contributed by atoms with van der Waals surface area (Å²) in [5.41, 5.74) is 0. The number of hydrogen-bond acceptors (Lipinski definition) is 3. The molecule has 2 nitrogen and oxygen atoms in total. The zero-order chi connectivity index (χ0) is 10.1. The molecule has 2 aromatic rings. The average molecular weight is 256 g/mol. The number of nitrogens with one attached hydrogen (secondary N) is 1. The Kier molecular flexibility index (Phi) is 3.82. The monoisotopic (exact) mass is 255 g/mol. The Hall–Kier alpha value is -0.610. The van der Waals surface area contributed by atoms with Crippen molar-refractivity contribution >= 4 is 33.8 Å². The Morgan fingerprint density at radius 1 is 1.31 bits per heavy atom. The lowest BCUT2D eigenvalue weighted by atomic mass is 10.2. The fourth-order valence-corrected chi connectivity index (χ4v) is 2.67. The Morgan fingerprint density at radius 3 is 2.81 bits per heavy atom. The van der Waals surface area contributed by atoms with Crippen LogP contribution in [-0.4, -0.2) is 19.2 Å². The van der Waals surface area contributed by atoms with Gasteiger partial charge in [-0.3, -0.25) is 0 Å². The first-order chi connectivity index (χ1) is 7.42. The van der Waals surface area contributed by atoms with Gasteiger partial charge in [0.2, 0.25) is 0 Å². The van der Waals surface area contributed by atoms with Crippen LogP contribution in [0.25, 0.3) is 10.1 Å². The number of rotatable bonds is 3. The maximum atomic E-state index is 5.74. The third-order valence-electron chi connectivity index (χ3n) is 2.68. The van der Waals surface area contributed by atoms with E-state index in [4.69, 9.17) is 4.74 Å². The number of hydrogen-bond donors (Lipinski definition) is 1. The highest BCUT2D eigenvalue weighted by atomic mass is 35.5. The molecule has 0 unspecified atom stereocenters. The van der Waals surface area contributed by atoms with Crippen molar-refractivity contribution in [3.05, 3.63) is 35.2 Å². The summed E-state index contributed by atoms with van der Waals surface area (Å²) in [7, 11) is 0. The van der Waals surface area contributed by atoms with Gasteiger partial charge in [-0.25, -0.2) is 0 Å². The van der Waals surface area contributed by atoms with E-state index in [9.17, 15) is 0 Å². The standard InChI is InChI=1S/C12H13NOS.ClH/c1-2-4-12-9(3-1)5-11(15-12)8-14-10-6-13-7-10;/h1-5,10,13H,6-8H2;1H. The molecule has 2 heterocycles. The minimum atomic E-state index is 0. The molecule has 0 spiro atoms. The van der Waals surface area contributed by atoms with E-state index in [2.05, 4.69) is 35.6 Å². The molecule has 86 valence electrons. The summed E-state index contributed by atoms with van der Waals surface area (Å²) in [6.45, 7) is 2.77. The van der Waals surface area contributed by atoms with Gasteiger partial charge in [0.05, 0.1) is 12.7 Å². The Bertz CT molecular complexity index is 434. The minimum Gasteiger partial charge on any atom is -0.370 e. The maximum Gasteiger partial charge on any atom is 0.0828 e. The number of fused-ring (bicyclic) bond motifs is 1. The van der Waals surface area contributed by atoms with E-state index in [0.717, 1.165) is 19.7 Å². The molecule has 3 rings (SSSR count). The van der Waals surface area contributed by atoms with Crippen LogP contribution in [0.2, 0.25) is 0 Å². The van der Waals surface area contributed by atoms with Crippen molar-refractivity contribution in [2.24, 2.45) is 0 Å². The van der Waals surface area contributed by atoms with Crippen LogP contribution in [0.3, 0.4) is 0 Å². The molecule has 1 saturated heterocycles. The number of benzene rings is 1. The van der Waals surface area contributed by atoms with Crippen LogP contribution in [0, 0.1) is 0 Å². The van der Waals surface area contributed by atoms with E-state index in [0.29, 0.717) is 6.10 Å². The van der Waals surface area contributed by atoms with Crippen molar-refractivity contribution in [1.82, 2.24) is 5.32 Å². The topological polar surface area (TPSA) is 21.3 Å². The van der Waals surface area contributed by atoms with Crippen LogP contribution in [-0.2, 0) is 11.3 Å². The second-order valence-electron chi connectivity index (χ2n) is 3.84. The van der Waals surface area contributed by atoms with E-state index in [1.54, 1.807) is 0 Å². The second-order valence-corrected chi connectivity index (χ2v) is 5.01. The Morgan fingerprint density at radius 2 is 2.12 bits per heavy atom. The normalized spacial score (nSPS) is 15.8. The van der Waals surface area contributed by atoms with E-state index in [1.165, 1.54) is 15.0 Å². The summed E-state index contributed by atoms with van der Waals surface area (Å²) in [6, 6.07) is 10.7. The predicted octanol–water partition coefficient (Wildman–Crippen LogP) is 2.81. The molecule has 4 heteroatoms. The number of thiophene rings is 1. The SMILES string of the molecule is Cl.c1ccc2sc(COC3CNC3)cc2c1. The molecular formula is C12H14ClNOS. The summed E-state index contributed by atoms with van der Waals surface area (Å²) < 4.78 is 7.09. The fraction of sp³-hybridized carbons (Fsp3) is 0.333. The molecule has 0 saturated carbocycles. The molecular weight excluding hydrogens is 242 g/mol. The van der Waals surface area contributed by atoms with Gasteiger partial charge in [-0.2, -0.15) is 0 Å². The molecule has 1 fully saturated rings. The van der Waals surface area contributed by atoms with Crippen LogP contribution in [0.15, 0.2) is 30.3 Å². The summed E-state index contributed by atoms with van der Waals surface area (Å²) in [6.07, 6.45) is 0.426. The van der Waals surface area contributed by atoms with E-state index < -0.39 is 0 Å². The predicted molar refractivity (Wildman–Crippen MR) is 70.5 cm³/mol. The largest absolute Gasteiger partial charge is 0.370 e. The van der Waals surface area contributed by atoms with Gasteiger partial charge in [-0.1, -0.05) is 18.2 Å². The molecule has 0 aliphatic carbocycles. The first-order valence-corrected chi connectivity index (χ1v) is 6.03. The van der Waals surface area contributed by atoms with Crippen LogP contribution in [0.1, 0.15) is 4.88 Å². The van der Waals surface area contributed by atoms with Gasteiger partial charge in [0.25, 0.3) is 0 Å². The van der Waals surface area contributed by atoms with Gasteiger partial charge in [-0.05, 0) is 17.5 Å². The molecule has 1 aliphatic heterocycles. The highest BCUT2D eigenvalue weighted by Gasteiger charge is 2.17. The van der Waals surface area contributed by atoms with Crippen LogP contribution < -0.4 is 5.32 Å². The highest BCUT2D eigenvalue weighted by molar-refractivity contribution is 7.19. The Balaban J connectivity index is 0.000000963. The van der Waals surface area contributed by atoms with Crippen molar-refractivity contribution in [1.29, 1.82) is 0 Å². The van der Waals surface area contributed by atoms with E-state index >= 15 is 0 Å². The third kappa shape index (κ3) is 2.38. The second kappa shape index (κ2) is 5.15. The fourth-order valence-electron chi connectivity index (χ4n) is 1.69. The quantitative estimate of drug-likeness (QED) is 0.911. The molecule has 0 amide bonds. The van der Waals surface area contributed by atoms with Gasteiger partial charge in [-0.15, -0.1) is 23.7 Å². The van der Waals surface area contributed by atoms with Gasteiger partial charge in [0.15, 0.2) is 0 Å². The van der Waals surface area contributed by atoms with E-state index in [1.807, 2.05) is 11.3 Å². The summed E-state index contributed by atoms with van der Waals surface area (Å²) >= 11 is 1.83. The van der Waals surface area contributed by atoms with Crippen molar-refractivity contribution in [2.45, 2.75) is 12.7 Å². The molecule has 0 atom stereocenters. The smallest absolute Gasteiger partial charge is 0.0828 e. The molecule has 0 bridgehead atoms. The molecule has 16 heavy (non-hydrogen) atoms. The van der Waals surface area contributed by atoms with Crippen molar-refractivity contribution in [3.8, 4) is 0 Å². The van der Waals surface area contributed by atoms with Crippen LogP contribution in [0.5, 0.6) is 0 Å². The minimum absolute atomic E-state index is 0. The summed E-state index contributed by atoms with van der Waals surface area (Å²) in [5.74, 6) is 0. The molecule has 1 aromatic carbocycles. The average Bonchev–Trinajstić information content (AvgIpc) is 2.57. The van der Waals surface area contributed by atoms with Crippen LogP contribution >= 0.6 is 23.7 Å². The number of ether oxygens (including phenoxy) is 1. The molecule has 1 aliphatic rings. The molecule has 1 N–H and O–H groups in total. The van der Waals surface area contributed by atoms with Gasteiger partial charge in [0, 0.05) is 22.7 Å². The van der Waals surface area contributed by atoms with E-state index in [-0.39, 0.29) is 12.4 Å². The van der Waals surface area contributed by atoms with Crippen molar-refractivity contribution in [3.63, 3.8) is 0 Å². The highest BCUT2D eigenvalue weighted by Crippen LogP contribution is 2.26. The molecule has 1 aromatic heterocycles. The first-order valence-electron chi connectivity index (χ1n) is 5.21. The van der Waals surface area contributed by atoms with Gasteiger partial charge < -0.3 is 10.1 Å². The summed E-state index contributed by atoms with van der Waals surface area (Å²) in [5, 5.41) is 4.53. The lowest BCUT2D eigenvalue weighted by Crippen LogP contribution is -2.48. The number of halogens is 1. The summed E-state index contributed by atoms with van der Waals surface area (Å²) in [4.78, 5) is 1.32. The Labute approximate surface area is 105 Å². The lowest BCUT2D eigenvalue weighted by Gasteiger charge is -2.26. The van der Waals surface area contributed by atoms with Crippen molar-refractivity contribution < 1.29 is 4.74 Å². The zero-order valence-corrected chi connectivity index (χ0v) is 10.4. The van der Waals surface area contributed by atoms with Gasteiger partial charge >= 0.3 is 0 Å². The molecule has 0 radical (unpaired) electrons.